The van der Waals surface area contributed by atoms with Crippen molar-refractivity contribution in [1.82, 2.24) is 10.2 Å². The summed E-state index contributed by atoms with van der Waals surface area (Å²) in [4.78, 5) is 13.3. The van der Waals surface area contributed by atoms with Crippen LogP contribution in [-0.4, -0.2) is 22.4 Å². The predicted octanol–water partition coefficient (Wildman–Crippen LogP) is 3.54. The largest absolute Gasteiger partial charge is 0.322 e. The molecule has 4 nitrogen and oxygen atoms in total. The predicted molar refractivity (Wildman–Crippen MR) is 82.3 cm³/mol. The van der Waals surface area contributed by atoms with E-state index in [1.54, 1.807) is 18.0 Å². The Labute approximate surface area is 120 Å². The van der Waals surface area contributed by atoms with Crippen LogP contribution in [0.15, 0.2) is 53.6 Å². The number of aromatic amines is 1. The minimum absolute atomic E-state index is 0.103. The topological polar surface area (TPSA) is 57.8 Å². The molecule has 100 valence electrons. The van der Waals surface area contributed by atoms with Crippen LogP contribution in [0.25, 0.3) is 10.9 Å². The fourth-order valence-corrected chi connectivity index (χ4v) is 2.64. The van der Waals surface area contributed by atoms with E-state index in [0.717, 1.165) is 21.5 Å². The van der Waals surface area contributed by atoms with Gasteiger partial charge in [0.25, 0.3) is 5.91 Å². The first-order valence-electron chi connectivity index (χ1n) is 6.15. The van der Waals surface area contributed by atoms with Crippen LogP contribution < -0.4 is 5.32 Å². The standard InChI is InChI=1S/C15H13N3OS/c1-20-14-5-3-2-4-12(14)15(19)17-11-7-6-10-9-16-18-13(10)8-11/h2-9H,1H3,(H,16,18)(H,17,19). The average molecular weight is 283 g/mol. The van der Waals surface area contributed by atoms with Gasteiger partial charge in [-0.05, 0) is 36.6 Å². The number of nitrogens with zero attached hydrogens (tertiary/aromatic N) is 1. The molecule has 0 unspecified atom stereocenters. The average Bonchev–Trinajstić information content (AvgIpc) is 2.94. The van der Waals surface area contributed by atoms with Crippen LogP contribution in [0.5, 0.6) is 0 Å². The van der Waals surface area contributed by atoms with Gasteiger partial charge in [0.15, 0.2) is 0 Å². The molecule has 0 aliphatic heterocycles. The van der Waals surface area contributed by atoms with Gasteiger partial charge in [-0.25, -0.2) is 0 Å². The number of benzene rings is 2. The van der Waals surface area contributed by atoms with Crippen molar-refractivity contribution in [3.05, 3.63) is 54.2 Å². The fourth-order valence-electron chi connectivity index (χ4n) is 2.05. The quantitative estimate of drug-likeness (QED) is 0.723. The molecule has 1 aromatic heterocycles. The summed E-state index contributed by atoms with van der Waals surface area (Å²) in [5.41, 5.74) is 2.34. The van der Waals surface area contributed by atoms with Crippen LogP contribution in [0.2, 0.25) is 0 Å². The molecule has 2 aromatic carbocycles. The van der Waals surface area contributed by atoms with Crippen molar-refractivity contribution in [3.8, 4) is 0 Å². The van der Waals surface area contributed by atoms with E-state index in [-0.39, 0.29) is 5.91 Å². The summed E-state index contributed by atoms with van der Waals surface area (Å²) in [6, 6.07) is 13.2. The Balaban J connectivity index is 1.88. The van der Waals surface area contributed by atoms with Crippen molar-refractivity contribution in [1.29, 1.82) is 0 Å². The molecule has 0 aliphatic carbocycles. The Hall–Kier alpha value is -2.27. The first-order valence-corrected chi connectivity index (χ1v) is 7.38. The SMILES string of the molecule is CSc1ccccc1C(=O)Nc1ccc2cn[nH]c2c1. The monoisotopic (exact) mass is 283 g/mol. The molecule has 5 heteroatoms. The number of thioether (sulfide) groups is 1. The van der Waals surface area contributed by atoms with Gasteiger partial charge in [0.05, 0.1) is 17.3 Å². The van der Waals surface area contributed by atoms with Crippen molar-refractivity contribution < 1.29 is 4.79 Å². The molecule has 0 fully saturated rings. The minimum atomic E-state index is -0.103. The molecular weight excluding hydrogens is 270 g/mol. The van der Waals surface area contributed by atoms with Crippen molar-refractivity contribution in [2.75, 3.05) is 11.6 Å². The van der Waals surface area contributed by atoms with Gasteiger partial charge in [-0.15, -0.1) is 11.8 Å². The zero-order valence-electron chi connectivity index (χ0n) is 10.9. The maximum atomic E-state index is 12.3. The third kappa shape index (κ3) is 2.40. The molecule has 1 amide bonds. The van der Waals surface area contributed by atoms with Gasteiger partial charge in [0.2, 0.25) is 0 Å². The van der Waals surface area contributed by atoms with Gasteiger partial charge in [-0.1, -0.05) is 12.1 Å². The number of carbonyl (C=O) groups is 1. The van der Waals surface area contributed by atoms with Crippen molar-refractivity contribution >= 4 is 34.3 Å². The third-order valence-corrected chi connectivity index (χ3v) is 3.85. The Bertz CT molecular complexity index is 766. The molecule has 0 radical (unpaired) electrons. The molecule has 20 heavy (non-hydrogen) atoms. The summed E-state index contributed by atoms with van der Waals surface area (Å²) in [7, 11) is 0. The van der Waals surface area contributed by atoms with E-state index >= 15 is 0 Å². The smallest absolute Gasteiger partial charge is 0.256 e. The van der Waals surface area contributed by atoms with Crippen LogP contribution in [0, 0.1) is 0 Å². The van der Waals surface area contributed by atoms with E-state index < -0.39 is 0 Å². The summed E-state index contributed by atoms with van der Waals surface area (Å²) >= 11 is 1.56. The normalized spacial score (nSPS) is 10.7. The van der Waals surface area contributed by atoms with Gasteiger partial charge >= 0.3 is 0 Å². The lowest BCUT2D eigenvalue weighted by molar-refractivity contribution is 0.102. The van der Waals surface area contributed by atoms with E-state index in [0.29, 0.717) is 5.56 Å². The summed E-state index contributed by atoms with van der Waals surface area (Å²) < 4.78 is 0. The van der Waals surface area contributed by atoms with E-state index in [4.69, 9.17) is 0 Å². The van der Waals surface area contributed by atoms with Gasteiger partial charge in [-0.3, -0.25) is 9.89 Å². The van der Waals surface area contributed by atoms with Crippen LogP contribution in [-0.2, 0) is 0 Å². The van der Waals surface area contributed by atoms with Crippen molar-refractivity contribution in [3.63, 3.8) is 0 Å². The maximum absolute atomic E-state index is 12.3. The Morgan fingerprint density at radius 2 is 2.10 bits per heavy atom. The number of nitrogens with one attached hydrogen (secondary N) is 2. The molecule has 0 atom stereocenters. The number of H-pyrrole nitrogens is 1. The second kappa shape index (κ2) is 5.38. The zero-order chi connectivity index (χ0) is 13.9. The molecule has 1 heterocycles. The highest BCUT2D eigenvalue weighted by molar-refractivity contribution is 7.98. The van der Waals surface area contributed by atoms with E-state index in [9.17, 15) is 4.79 Å². The molecule has 3 rings (SSSR count). The lowest BCUT2D eigenvalue weighted by Gasteiger charge is -2.08. The van der Waals surface area contributed by atoms with Gasteiger partial charge in [-0.2, -0.15) is 5.10 Å². The highest BCUT2D eigenvalue weighted by atomic mass is 32.2. The van der Waals surface area contributed by atoms with Gasteiger partial charge in [0, 0.05) is 16.0 Å². The second-order valence-electron chi connectivity index (χ2n) is 4.33. The summed E-state index contributed by atoms with van der Waals surface area (Å²) in [6.07, 6.45) is 3.72. The molecule has 3 aromatic rings. The molecule has 0 saturated carbocycles. The third-order valence-electron chi connectivity index (χ3n) is 3.05. The number of rotatable bonds is 3. The molecule has 0 spiro atoms. The van der Waals surface area contributed by atoms with Crippen LogP contribution >= 0.6 is 11.8 Å². The zero-order valence-corrected chi connectivity index (χ0v) is 11.7. The molecular formula is C15H13N3OS. The van der Waals surface area contributed by atoms with E-state index in [1.807, 2.05) is 48.7 Å². The van der Waals surface area contributed by atoms with E-state index in [1.165, 1.54) is 0 Å². The second-order valence-corrected chi connectivity index (χ2v) is 5.17. The summed E-state index contributed by atoms with van der Waals surface area (Å²) in [6.45, 7) is 0. The van der Waals surface area contributed by atoms with Gasteiger partial charge < -0.3 is 5.32 Å². The number of carbonyl (C=O) groups excluding carboxylic acids is 1. The number of aromatic nitrogens is 2. The fraction of sp³-hybridized carbons (Fsp3) is 0.0667. The van der Waals surface area contributed by atoms with Crippen LogP contribution in [0.4, 0.5) is 5.69 Å². The highest BCUT2D eigenvalue weighted by Crippen LogP contribution is 2.22. The first kappa shape index (κ1) is 12.7. The highest BCUT2D eigenvalue weighted by Gasteiger charge is 2.10. The van der Waals surface area contributed by atoms with Crippen molar-refractivity contribution in [2.24, 2.45) is 0 Å². The molecule has 0 aliphatic rings. The van der Waals surface area contributed by atoms with Crippen LogP contribution in [0.1, 0.15) is 10.4 Å². The van der Waals surface area contributed by atoms with E-state index in [2.05, 4.69) is 15.5 Å². The number of hydrogen-bond donors (Lipinski definition) is 2. The Morgan fingerprint density at radius 1 is 1.25 bits per heavy atom. The minimum Gasteiger partial charge on any atom is -0.322 e. The first-order chi connectivity index (χ1) is 9.78. The lowest BCUT2D eigenvalue weighted by Crippen LogP contribution is -2.12. The van der Waals surface area contributed by atoms with Crippen LogP contribution in [0.3, 0.4) is 0 Å². The number of fused-ring (bicyclic) bond motifs is 1. The number of anilines is 1. The molecule has 0 saturated heterocycles. The summed E-state index contributed by atoms with van der Waals surface area (Å²) in [5, 5.41) is 10.8. The van der Waals surface area contributed by atoms with Gasteiger partial charge in [0.1, 0.15) is 0 Å². The Kier molecular flexibility index (Phi) is 3.43. The van der Waals surface area contributed by atoms with Crippen molar-refractivity contribution in [2.45, 2.75) is 4.90 Å². The molecule has 2 N–H and O–H groups in total. The summed E-state index contributed by atoms with van der Waals surface area (Å²) in [5.74, 6) is -0.103. The number of amides is 1. The maximum Gasteiger partial charge on any atom is 0.256 e. The number of hydrogen-bond acceptors (Lipinski definition) is 3. The molecule has 0 bridgehead atoms. The lowest BCUT2D eigenvalue weighted by atomic mass is 10.2. The Morgan fingerprint density at radius 3 is 2.95 bits per heavy atom.